The summed E-state index contributed by atoms with van der Waals surface area (Å²) in [5, 5.41) is 3.06. The minimum absolute atomic E-state index is 0.0746. The molecule has 3 aromatic carbocycles. The number of sulfonamides is 1. The summed E-state index contributed by atoms with van der Waals surface area (Å²) in [5.74, 6) is -1.25. The first-order chi connectivity index (χ1) is 20.7. The van der Waals surface area contributed by atoms with Crippen molar-refractivity contribution in [2.24, 2.45) is 0 Å². The smallest absolute Gasteiger partial charge is 0.352 e. The van der Waals surface area contributed by atoms with E-state index in [1.807, 2.05) is 6.07 Å². The molecule has 2 amide bonds. The summed E-state index contributed by atoms with van der Waals surface area (Å²) in [7, 11) is -4.33. The van der Waals surface area contributed by atoms with Crippen molar-refractivity contribution in [3.05, 3.63) is 99.5 Å². The normalized spacial score (nSPS) is 14.7. The van der Waals surface area contributed by atoms with Gasteiger partial charge >= 0.3 is 6.18 Å². The molecular formula is C31H32Cl2F3N3O4S. The molecule has 0 unspecified atom stereocenters. The van der Waals surface area contributed by atoms with Gasteiger partial charge in [-0.25, -0.2) is 8.42 Å². The Kier molecular flexibility index (Phi) is 10.9. The Morgan fingerprint density at radius 3 is 2.20 bits per heavy atom. The summed E-state index contributed by atoms with van der Waals surface area (Å²) < 4.78 is 67.1. The Bertz CT molecular complexity index is 1580. The van der Waals surface area contributed by atoms with Crippen LogP contribution in [0.25, 0.3) is 0 Å². The summed E-state index contributed by atoms with van der Waals surface area (Å²) >= 11 is 12.6. The predicted molar refractivity (Wildman–Crippen MR) is 165 cm³/mol. The third kappa shape index (κ3) is 8.67. The number of rotatable bonds is 11. The molecule has 13 heteroatoms. The number of benzene rings is 3. The number of nitrogens with zero attached hydrogens (tertiary/aromatic N) is 2. The Morgan fingerprint density at radius 1 is 0.955 bits per heavy atom. The minimum atomic E-state index is -4.79. The van der Waals surface area contributed by atoms with Crippen LogP contribution in [0.3, 0.4) is 0 Å². The molecule has 3 aromatic rings. The van der Waals surface area contributed by atoms with Crippen LogP contribution in [0.5, 0.6) is 0 Å². The molecule has 1 N–H and O–H groups in total. The zero-order chi connectivity index (χ0) is 32.1. The maximum Gasteiger partial charge on any atom is 0.416 e. The van der Waals surface area contributed by atoms with E-state index in [4.69, 9.17) is 23.2 Å². The van der Waals surface area contributed by atoms with E-state index in [2.05, 4.69) is 5.32 Å². The maximum absolute atomic E-state index is 14.2. The Labute approximate surface area is 265 Å². The SMILES string of the molecule is CS(=O)(=O)N(CC(=O)N(Cc1ccccc1Cl)[C@H](Cc1ccccc1)C(=O)NC1CCCC1)c1cc(C(F)(F)F)ccc1Cl. The molecule has 1 aliphatic rings. The van der Waals surface area contributed by atoms with Gasteiger partial charge < -0.3 is 10.2 Å². The lowest BCUT2D eigenvalue weighted by molar-refractivity contribution is -0.140. The summed E-state index contributed by atoms with van der Waals surface area (Å²) in [6, 6.07) is 16.8. The fourth-order valence-electron chi connectivity index (χ4n) is 5.21. The average Bonchev–Trinajstić information content (AvgIpc) is 3.47. The van der Waals surface area contributed by atoms with Crippen molar-refractivity contribution in [2.75, 3.05) is 17.1 Å². The second kappa shape index (κ2) is 14.2. The van der Waals surface area contributed by atoms with E-state index < -0.39 is 51.9 Å². The second-order valence-corrected chi connectivity index (χ2v) is 13.5. The third-order valence-corrected chi connectivity index (χ3v) is 9.31. The van der Waals surface area contributed by atoms with Gasteiger partial charge in [0, 0.05) is 24.0 Å². The number of alkyl halides is 3. The van der Waals surface area contributed by atoms with Crippen LogP contribution in [0.2, 0.25) is 10.0 Å². The van der Waals surface area contributed by atoms with E-state index in [0.29, 0.717) is 21.0 Å². The number of nitrogens with one attached hydrogen (secondary N) is 1. The van der Waals surface area contributed by atoms with Crippen LogP contribution >= 0.6 is 23.2 Å². The van der Waals surface area contributed by atoms with Crippen LogP contribution in [0.1, 0.15) is 42.4 Å². The molecule has 44 heavy (non-hydrogen) atoms. The highest BCUT2D eigenvalue weighted by Gasteiger charge is 2.36. The lowest BCUT2D eigenvalue weighted by Crippen LogP contribution is -2.54. The standard InChI is InChI=1S/C31H32Cl2F3N3O4S/c1-44(42,43)39(27-18-23(31(34,35)36)15-16-26(27)33)20-29(40)38(19-22-11-5-8-14-25(22)32)28(17-21-9-3-2-4-10-21)30(41)37-24-12-6-7-13-24/h2-5,8-11,14-16,18,24,28H,6-7,12-13,17,19-20H2,1H3,(H,37,41)/t28-/m1/s1. The van der Waals surface area contributed by atoms with Gasteiger partial charge in [-0.05, 0) is 48.2 Å². The highest BCUT2D eigenvalue weighted by Crippen LogP contribution is 2.36. The van der Waals surface area contributed by atoms with Gasteiger partial charge in [-0.1, -0.05) is 84.6 Å². The average molecular weight is 671 g/mol. The largest absolute Gasteiger partial charge is 0.416 e. The lowest BCUT2D eigenvalue weighted by Gasteiger charge is -2.34. The quantitative estimate of drug-likeness (QED) is 0.253. The fourth-order valence-corrected chi connectivity index (χ4v) is 6.52. The van der Waals surface area contributed by atoms with E-state index in [0.717, 1.165) is 49.6 Å². The summed E-state index contributed by atoms with van der Waals surface area (Å²) in [6.45, 7) is -1.08. The number of hydrogen-bond donors (Lipinski definition) is 1. The molecule has 0 bridgehead atoms. The molecule has 0 aliphatic heterocycles. The van der Waals surface area contributed by atoms with Crippen LogP contribution in [0, 0.1) is 0 Å². The Morgan fingerprint density at radius 2 is 1.59 bits per heavy atom. The van der Waals surface area contributed by atoms with Gasteiger partial charge in [0.1, 0.15) is 12.6 Å². The van der Waals surface area contributed by atoms with Crippen LogP contribution in [0.15, 0.2) is 72.8 Å². The molecule has 7 nitrogen and oxygen atoms in total. The van der Waals surface area contributed by atoms with Crippen molar-refractivity contribution in [1.29, 1.82) is 0 Å². The van der Waals surface area contributed by atoms with Crippen LogP contribution in [-0.4, -0.2) is 50.0 Å². The summed E-state index contributed by atoms with van der Waals surface area (Å²) in [5.41, 5.74) is -0.400. The molecular weight excluding hydrogens is 638 g/mol. The van der Waals surface area contributed by atoms with Gasteiger partial charge in [0.15, 0.2) is 0 Å². The molecule has 0 heterocycles. The predicted octanol–water partition coefficient (Wildman–Crippen LogP) is 6.48. The first-order valence-electron chi connectivity index (χ1n) is 14.0. The molecule has 1 atom stereocenters. The number of anilines is 1. The van der Waals surface area contributed by atoms with Crippen LogP contribution < -0.4 is 9.62 Å². The molecule has 1 saturated carbocycles. The molecule has 0 spiro atoms. The van der Waals surface area contributed by atoms with Crippen molar-refractivity contribution in [1.82, 2.24) is 10.2 Å². The Hall–Kier alpha value is -3.28. The van der Waals surface area contributed by atoms with E-state index in [1.165, 1.54) is 4.90 Å². The molecule has 1 aliphatic carbocycles. The van der Waals surface area contributed by atoms with Crippen molar-refractivity contribution in [2.45, 2.75) is 56.9 Å². The number of hydrogen-bond acceptors (Lipinski definition) is 4. The van der Waals surface area contributed by atoms with Crippen molar-refractivity contribution < 1.29 is 31.2 Å². The number of carbonyl (C=O) groups excluding carboxylic acids is 2. The molecule has 1 fully saturated rings. The summed E-state index contributed by atoms with van der Waals surface area (Å²) in [6.07, 6.45) is -0.435. The zero-order valence-electron chi connectivity index (χ0n) is 23.9. The van der Waals surface area contributed by atoms with Gasteiger partial charge in [0.2, 0.25) is 21.8 Å². The van der Waals surface area contributed by atoms with Crippen molar-refractivity contribution >= 4 is 50.7 Å². The number of carbonyl (C=O) groups is 2. The number of amides is 2. The van der Waals surface area contributed by atoms with E-state index in [9.17, 15) is 31.2 Å². The van der Waals surface area contributed by atoms with Crippen molar-refractivity contribution in [3.63, 3.8) is 0 Å². The lowest BCUT2D eigenvalue weighted by atomic mass is 10.0. The highest BCUT2D eigenvalue weighted by molar-refractivity contribution is 7.92. The highest BCUT2D eigenvalue weighted by atomic mass is 35.5. The first-order valence-corrected chi connectivity index (χ1v) is 16.6. The van der Waals surface area contributed by atoms with Crippen LogP contribution in [0.4, 0.5) is 18.9 Å². The van der Waals surface area contributed by atoms with Gasteiger partial charge in [-0.15, -0.1) is 0 Å². The zero-order valence-corrected chi connectivity index (χ0v) is 26.2. The first kappa shape index (κ1) is 33.6. The molecule has 236 valence electrons. The molecule has 0 aromatic heterocycles. The van der Waals surface area contributed by atoms with Gasteiger partial charge in [0.25, 0.3) is 0 Å². The summed E-state index contributed by atoms with van der Waals surface area (Å²) in [4.78, 5) is 29.3. The van der Waals surface area contributed by atoms with E-state index in [-0.39, 0.29) is 24.0 Å². The van der Waals surface area contributed by atoms with E-state index >= 15 is 0 Å². The fraction of sp³-hybridized carbons (Fsp3) is 0.355. The Balaban J connectivity index is 1.78. The topological polar surface area (TPSA) is 86.8 Å². The van der Waals surface area contributed by atoms with Crippen molar-refractivity contribution in [3.8, 4) is 0 Å². The third-order valence-electron chi connectivity index (χ3n) is 7.49. The van der Waals surface area contributed by atoms with E-state index in [1.54, 1.807) is 48.5 Å². The van der Waals surface area contributed by atoms with Gasteiger partial charge in [0.05, 0.1) is 22.5 Å². The minimum Gasteiger partial charge on any atom is -0.352 e. The number of halogens is 5. The monoisotopic (exact) mass is 669 g/mol. The maximum atomic E-state index is 14.2. The van der Waals surface area contributed by atoms with Gasteiger partial charge in [-0.2, -0.15) is 13.2 Å². The van der Waals surface area contributed by atoms with Crippen LogP contribution in [-0.2, 0) is 38.8 Å². The molecule has 0 saturated heterocycles. The second-order valence-electron chi connectivity index (χ2n) is 10.7. The molecule has 4 rings (SSSR count). The molecule has 0 radical (unpaired) electrons. The van der Waals surface area contributed by atoms with Gasteiger partial charge in [-0.3, -0.25) is 13.9 Å².